The number of aliphatic hydroxyl groups excluding tert-OH is 1. The van der Waals surface area contributed by atoms with Crippen LogP contribution in [0.3, 0.4) is 0 Å². The molecule has 0 aliphatic heterocycles. The zero-order valence-corrected chi connectivity index (χ0v) is 28.2. The lowest BCUT2D eigenvalue weighted by Gasteiger charge is -2.21. The van der Waals surface area contributed by atoms with Gasteiger partial charge in [0.25, 0.3) is 0 Å². The minimum absolute atomic E-state index is 0.0291. The van der Waals surface area contributed by atoms with Crippen molar-refractivity contribution in [1.29, 1.82) is 0 Å². The maximum atomic E-state index is 14.6. The number of nitrogens with one attached hydrogen (secondary N) is 1. The Morgan fingerprint density at radius 1 is 1.00 bits per heavy atom. The summed E-state index contributed by atoms with van der Waals surface area (Å²) in [7, 11) is 0. The van der Waals surface area contributed by atoms with Crippen molar-refractivity contribution in [3.63, 3.8) is 0 Å². The Morgan fingerprint density at radius 3 is 2.60 bits per heavy atom. The number of thiazole rings is 2. The summed E-state index contributed by atoms with van der Waals surface area (Å²) in [6.07, 6.45) is 6.17. The van der Waals surface area contributed by atoms with Gasteiger partial charge in [0.05, 0.1) is 16.8 Å². The number of carboxylic acid groups (broad SMARTS) is 1. The van der Waals surface area contributed by atoms with Crippen LogP contribution in [0.4, 0.5) is 26.3 Å². The van der Waals surface area contributed by atoms with Crippen molar-refractivity contribution in [1.82, 2.24) is 20.2 Å². The largest absolute Gasteiger partial charge is 0.491 e. The molecule has 5 aromatic rings. The Labute approximate surface area is 281 Å². The summed E-state index contributed by atoms with van der Waals surface area (Å²) >= 11 is 2.80. The van der Waals surface area contributed by atoms with E-state index in [0.29, 0.717) is 59.0 Å². The number of anilines is 4. The Morgan fingerprint density at radius 2 is 1.85 bits per heavy atom. The SMILES string of the molecule is CCCCCc1ccc(OCCCc2sc(N(CCCCO)c3cc(C)c(Nc4nc5ccccc5s4)nn3)nc2C(=O)O)c(F)c1. The topological polar surface area (TPSA) is 134 Å². The molecule has 5 rings (SSSR count). The van der Waals surface area contributed by atoms with Gasteiger partial charge in [-0.25, -0.2) is 19.2 Å². The predicted octanol–water partition coefficient (Wildman–Crippen LogP) is 8.09. The molecule has 13 heteroatoms. The molecule has 3 heterocycles. The molecule has 47 heavy (non-hydrogen) atoms. The third-order valence-electron chi connectivity index (χ3n) is 7.55. The first kappa shape index (κ1) is 34.1. The molecule has 0 spiro atoms. The predicted molar refractivity (Wildman–Crippen MR) is 186 cm³/mol. The number of aliphatic hydroxyl groups is 1. The quantitative estimate of drug-likeness (QED) is 0.0781. The molecule has 3 aromatic heterocycles. The van der Waals surface area contributed by atoms with Gasteiger partial charge in [0.15, 0.2) is 39.2 Å². The number of hydrogen-bond acceptors (Lipinski definition) is 11. The molecule has 0 atom stereocenters. The van der Waals surface area contributed by atoms with Crippen LogP contribution in [0.5, 0.6) is 5.75 Å². The van der Waals surface area contributed by atoms with Crippen molar-refractivity contribution in [2.75, 3.05) is 30.0 Å². The average molecular weight is 679 g/mol. The Kier molecular flexibility index (Phi) is 12.0. The molecule has 0 fully saturated rings. The summed E-state index contributed by atoms with van der Waals surface area (Å²) in [4.78, 5) is 23.7. The summed E-state index contributed by atoms with van der Waals surface area (Å²) in [6.45, 7) is 4.78. The first-order chi connectivity index (χ1) is 22.9. The molecular formula is C34H39FN6O4S2. The van der Waals surface area contributed by atoms with Gasteiger partial charge >= 0.3 is 5.97 Å². The van der Waals surface area contributed by atoms with Crippen LogP contribution in [0.15, 0.2) is 48.5 Å². The second kappa shape index (κ2) is 16.6. The van der Waals surface area contributed by atoms with E-state index in [0.717, 1.165) is 47.0 Å². The number of para-hydroxylation sites is 1. The molecule has 0 radical (unpaired) electrons. The van der Waals surface area contributed by atoms with E-state index in [-0.39, 0.29) is 30.5 Å². The fourth-order valence-electron chi connectivity index (χ4n) is 5.05. The smallest absolute Gasteiger partial charge is 0.355 e. The van der Waals surface area contributed by atoms with Gasteiger partial charge in [-0.1, -0.05) is 49.3 Å². The third kappa shape index (κ3) is 8.99. The molecular weight excluding hydrogens is 640 g/mol. The number of carboxylic acids is 1. The fraction of sp³-hybridized carbons (Fsp3) is 0.382. The number of aromatic carboxylic acids is 1. The Bertz CT molecular complexity index is 1760. The van der Waals surface area contributed by atoms with E-state index in [1.165, 1.54) is 28.7 Å². The van der Waals surface area contributed by atoms with E-state index in [1.807, 2.05) is 48.2 Å². The summed E-state index contributed by atoms with van der Waals surface area (Å²) in [5.74, 6) is -0.235. The third-order valence-corrected chi connectivity index (χ3v) is 9.64. The van der Waals surface area contributed by atoms with Crippen LogP contribution >= 0.6 is 22.7 Å². The van der Waals surface area contributed by atoms with Crippen molar-refractivity contribution in [3.8, 4) is 5.75 Å². The van der Waals surface area contributed by atoms with Crippen LogP contribution in [0, 0.1) is 12.7 Å². The van der Waals surface area contributed by atoms with Gasteiger partial charge in [-0.2, -0.15) is 0 Å². The summed E-state index contributed by atoms with van der Waals surface area (Å²) in [6, 6.07) is 14.8. The van der Waals surface area contributed by atoms with Gasteiger partial charge in [-0.15, -0.1) is 21.5 Å². The van der Waals surface area contributed by atoms with Crippen molar-refractivity contribution in [3.05, 3.63) is 76.0 Å². The van der Waals surface area contributed by atoms with Crippen molar-refractivity contribution in [2.24, 2.45) is 0 Å². The summed E-state index contributed by atoms with van der Waals surface area (Å²) < 4.78 is 21.4. The molecule has 0 saturated carbocycles. The lowest BCUT2D eigenvalue weighted by Crippen LogP contribution is -2.21. The number of fused-ring (bicyclic) bond motifs is 1. The Balaban J connectivity index is 1.28. The molecule has 0 aliphatic carbocycles. The van der Waals surface area contributed by atoms with Crippen LogP contribution in [0.25, 0.3) is 10.2 Å². The molecule has 248 valence electrons. The van der Waals surface area contributed by atoms with Crippen LogP contribution < -0.4 is 15.0 Å². The van der Waals surface area contributed by atoms with Gasteiger partial charge in [0, 0.05) is 18.0 Å². The van der Waals surface area contributed by atoms with Gasteiger partial charge in [-0.05, 0) is 86.9 Å². The maximum absolute atomic E-state index is 14.6. The number of unbranched alkanes of at least 4 members (excludes halogenated alkanes) is 3. The second-order valence-corrected chi connectivity index (χ2v) is 13.3. The van der Waals surface area contributed by atoms with Gasteiger partial charge in [-0.3, -0.25) is 0 Å². The van der Waals surface area contributed by atoms with Crippen molar-refractivity contribution >= 4 is 60.8 Å². The average Bonchev–Trinajstić information content (AvgIpc) is 3.67. The first-order valence-electron chi connectivity index (χ1n) is 15.9. The molecule has 0 bridgehead atoms. The number of ether oxygens (including phenoxy) is 1. The van der Waals surface area contributed by atoms with E-state index in [2.05, 4.69) is 32.4 Å². The summed E-state index contributed by atoms with van der Waals surface area (Å²) in [5, 5.41) is 32.7. The Hall–Kier alpha value is -4.20. The van der Waals surface area contributed by atoms with Gasteiger partial charge in [0.1, 0.15) is 0 Å². The van der Waals surface area contributed by atoms with Crippen LogP contribution in [-0.2, 0) is 12.8 Å². The van der Waals surface area contributed by atoms with E-state index in [9.17, 15) is 19.4 Å². The molecule has 0 amide bonds. The number of rotatable bonds is 18. The number of aryl methyl sites for hydroxylation is 3. The molecule has 0 unspecified atom stereocenters. The number of hydrogen-bond donors (Lipinski definition) is 3. The van der Waals surface area contributed by atoms with Crippen LogP contribution in [-0.4, -0.2) is 56.1 Å². The molecule has 2 aromatic carbocycles. The highest BCUT2D eigenvalue weighted by atomic mass is 32.1. The molecule has 10 nitrogen and oxygen atoms in total. The van der Waals surface area contributed by atoms with Crippen molar-refractivity contribution < 1.29 is 24.1 Å². The number of aromatic nitrogens is 4. The normalized spacial score (nSPS) is 11.2. The van der Waals surface area contributed by atoms with Crippen LogP contribution in [0.1, 0.15) is 71.9 Å². The second-order valence-electron chi connectivity index (χ2n) is 11.2. The lowest BCUT2D eigenvalue weighted by atomic mass is 10.1. The maximum Gasteiger partial charge on any atom is 0.355 e. The van der Waals surface area contributed by atoms with Gasteiger partial charge < -0.3 is 25.2 Å². The number of nitrogens with zero attached hydrogens (tertiary/aromatic N) is 5. The van der Waals surface area contributed by atoms with E-state index >= 15 is 0 Å². The zero-order valence-electron chi connectivity index (χ0n) is 26.5. The van der Waals surface area contributed by atoms with E-state index in [4.69, 9.17) is 4.74 Å². The standard InChI is InChI=1S/C34H39FN6O4S2/c1-3-4-5-11-23-15-16-26(24(35)21-23)45-19-10-14-28-30(32(43)44)37-34(47-28)41(17-8-9-18-42)29-20-22(2)31(40-39-29)38-33-36-25-12-6-7-13-27(25)46-33/h6-7,12-13,15-16,20-21,42H,3-5,8-11,14,17-19H2,1-2H3,(H,43,44)(H,36,38,40). The lowest BCUT2D eigenvalue weighted by molar-refractivity contribution is 0.0690. The van der Waals surface area contributed by atoms with E-state index < -0.39 is 5.97 Å². The molecule has 0 aliphatic rings. The van der Waals surface area contributed by atoms with E-state index in [1.54, 1.807) is 6.07 Å². The van der Waals surface area contributed by atoms with Gasteiger partial charge in [0.2, 0.25) is 0 Å². The highest BCUT2D eigenvalue weighted by Crippen LogP contribution is 2.34. The van der Waals surface area contributed by atoms with Crippen LogP contribution in [0.2, 0.25) is 0 Å². The summed E-state index contributed by atoms with van der Waals surface area (Å²) in [5.41, 5.74) is 2.65. The monoisotopic (exact) mass is 678 g/mol. The zero-order chi connectivity index (χ0) is 33.2. The highest BCUT2D eigenvalue weighted by Gasteiger charge is 2.23. The van der Waals surface area contributed by atoms with Crippen molar-refractivity contribution in [2.45, 2.75) is 65.2 Å². The molecule has 3 N–H and O–H groups in total. The number of carbonyl (C=O) groups is 1. The first-order valence-corrected chi connectivity index (χ1v) is 17.5. The minimum atomic E-state index is -1.12. The fourth-order valence-corrected chi connectivity index (χ4v) is 7.04. The number of benzene rings is 2. The minimum Gasteiger partial charge on any atom is -0.491 e. The number of halogens is 1. The molecule has 0 saturated heterocycles. The highest BCUT2D eigenvalue weighted by molar-refractivity contribution is 7.22.